The fraction of sp³-hybridized carbons (Fsp3) is 0.650. The molecule has 2 saturated heterocycles. The van der Waals surface area contributed by atoms with Crippen LogP contribution in [0.5, 0.6) is 0 Å². The lowest BCUT2D eigenvalue weighted by molar-refractivity contribution is 0.0679. The van der Waals surface area contributed by atoms with Crippen LogP contribution in [0.4, 0.5) is 10.7 Å². The third-order valence-corrected chi connectivity index (χ3v) is 6.65. The quantitative estimate of drug-likeness (QED) is 0.693. The van der Waals surface area contributed by atoms with Gasteiger partial charge in [0.15, 0.2) is 0 Å². The molecule has 1 amide bonds. The van der Waals surface area contributed by atoms with Gasteiger partial charge in [-0.05, 0) is 32.6 Å². The largest absolute Gasteiger partial charge is 0.447 e. The Bertz CT molecular complexity index is 840. The van der Waals surface area contributed by atoms with Gasteiger partial charge in [0.1, 0.15) is 0 Å². The molecule has 0 radical (unpaired) electrons. The van der Waals surface area contributed by atoms with E-state index in [1.807, 2.05) is 24.8 Å². The monoisotopic (exact) mass is 437 g/mol. The molecule has 10 heteroatoms. The molecule has 2 fully saturated rings. The maximum atomic E-state index is 12.0. The van der Waals surface area contributed by atoms with Crippen molar-refractivity contribution >= 4 is 28.1 Å². The molecule has 1 aromatic rings. The predicted molar refractivity (Wildman–Crippen MR) is 116 cm³/mol. The molecule has 9 nitrogen and oxygen atoms in total. The van der Waals surface area contributed by atoms with Crippen molar-refractivity contribution in [2.45, 2.75) is 32.8 Å². The summed E-state index contributed by atoms with van der Waals surface area (Å²) in [6.07, 6.45) is 10.5. The number of ether oxygens (including phenoxy) is 1. The third-order valence-electron chi connectivity index (χ3n) is 5.34. The van der Waals surface area contributed by atoms with E-state index in [0.29, 0.717) is 51.1 Å². The number of carbonyl (C=O) groups excluding carboxylic acids is 1. The number of piperazine rings is 1. The zero-order valence-corrected chi connectivity index (χ0v) is 18.7. The molecule has 1 aromatic heterocycles. The minimum atomic E-state index is -3.14. The smallest absolute Gasteiger partial charge is 0.410 e. The van der Waals surface area contributed by atoms with Gasteiger partial charge in [0.05, 0.1) is 12.4 Å². The number of allylic oxidation sites excluding steroid dienone is 1. The summed E-state index contributed by atoms with van der Waals surface area (Å²) in [6.45, 7) is 7.19. The maximum Gasteiger partial charge on any atom is 0.410 e. The third kappa shape index (κ3) is 6.15. The summed E-state index contributed by atoms with van der Waals surface area (Å²) < 4.78 is 30.0. The van der Waals surface area contributed by atoms with E-state index in [0.717, 1.165) is 18.4 Å². The van der Waals surface area contributed by atoms with Gasteiger partial charge in [-0.2, -0.15) is 4.31 Å². The van der Waals surface area contributed by atoms with Crippen LogP contribution in [-0.4, -0.2) is 85.3 Å². The van der Waals surface area contributed by atoms with Crippen LogP contribution in [0.2, 0.25) is 0 Å². The molecule has 2 aliphatic rings. The van der Waals surface area contributed by atoms with Crippen LogP contribution < -0.4 is 4.90 Å². The maximum absolute atomic E-state index is 12.0. The summed E-state index contributed by atoms with van der Waals surface area (Å²) in [7, 11) is -3.14. The second-order valence-electron chi connectivity index (χ2n) is 8.08. The normalized spacial score (nSPS) is 19.6. The van der Waals surface area contributed by atoms with Crippen LogP contribution in [0.25, 0.3) is 6.08 Å². The van der Waals surface area contributed by atoms with Crippen molar-refractivity contribution < 1.29 is 17.9 Å². The van der Waals surface area contributed by atoms with E-state index in [1.165, 1.54) is 10.6 Å². The van der Waals surface area contributed by atoms with Crippen LogP contribution in [0.1, 0.15) is 32.3 Å². The van der Waals surface area contributed by atoms with E-state index in [-0.39, 0.29) is 12.2 Å². The van der Waals surface area contributed by atoms with Crippen molar-refractivity contribution in [3.8, 4) is 0 Å². The zero-order chi connectivity index (χ0) is 21.7. The van der Waals surface area contributed by atoms with Crippen molar-refractivity contribution in [3.05, 3.63) is 24.0 Å². The Labute approximate surface area is 178 Å². The highest BCUT2D eigenvalue weighted by Crippen LogP contribution is 2.21. The highest BCUT2D eigenvalue weighted by atomic mass is 32.2. The lowest BCUT2D eigenvalue weighted by atomic mass is 9.96. The molecule has 0 unspecified atom stereocenters. The molecule has 0 spiro atoms. The van der Waals surface area contributed by atoms with Crippen LogP contribution in [0.15, 0.2) is 18.5 Å². The second-order valence-corrected chi connectivity index (χ2v) is 10.1. The molecule has 0 saturated carbocycles. The molecule has 3 rings (SSSR count). The number of likely N-dealkylation sites (tertiary alicyclic amines) is 1. The van der Waals surface area contributed by atoms with Crippen LogP contribution in [-0.2, 0) is 14.8 Å². The van der Waals surface area contributed by atoms with Crippen molar-refractivity contribution in [2.75, 3.05) is 50.4 Å². The Kier molecular flexibility index (Phi) is 7.30. The number of carbonyl (C=O) groups is 1. The Morgan fingerprint density at radius 2 is 1.70 bits per heavy atom. The number of hydrogen-bond donors (Lipinski definition) is 0. The fourth-order valence-electron chi connectivity index (χ4n) is 3.60. The number of sulfonamides is 1. The van der Waals surface area contributed by atoms with Gasteiger partial charge in [0.2, 0.25) is 16.0 Å². The van der Waals surface area contributed by atoms with E-state index < -0.39 is 10.0 Å². The molecule has 166 valence electrons. The summed E-state index contributed by atoms with van der Waals surface area (Å²) in [4.78, 5) is 24.6. The zero-order valence-electron chi connectivity index (χ0n) is 17.9. The molecule has 0 aliphatic carbocycles. The molecule has 0 N–H and O–H groups in total. The summed E-state index contributed by atoms with van der Waals surface area (Å²) >= 11 is 0. The van der Waals surface area contributed by atoms with Crippen LogP contribution in [0.3, 0.4) is 0 Å². The average molecular weight is 438 g/mol. The first kappa shape index (κ1) is 22.5. The molecule has 30 heavy (non-hydrogen) atoms. The van der Waals surface area contributed by atoms with Gasteiger partial charge in [-0.25, -0.2) is 23.2 Å². The first-order chi connectivity index (χ1) is 14.2. The van der Waals surface area contributed by atoms with E-state index in [4.69, 9.17) is 4.74 Å². The Hall–Kier alpha value is -2.20. The van der Waals surface area contributed by atoms with Crippen molar-refractivity contribution in [3.63, 3.8) is 0 Å². The van der Waals surface area contributed by atoms with E-state index in [9.17, 15) is 13.2 Å². The second kappa shape index (κ2) is 9.74. The molecular weight excluding hydrogens is 406 g/mol. The van der Waals surface area contributed by atoms with Crippen molar-refractivity contribution in [1.29, 1.82) is 0 Å². The van der Waals surface area contributed by atoms with Gasteiger partial charge < -0.3 is 14.5 Å². The number of piperidine rings is 1. The minimum Gasteiger partial charge on any atom is -0.447 e. The minimum absolute atomic E-state index is 0.0957. The molecule has 0 bridgehead atoms. The lowest BCUT2D eigenvalue weighted by Crippen LogP contribution is -2.48. The predicted octanol–water partition coefficient (Wildman–Crippen LogP) is 1.83. The molecule has 0 atom stereocenters. The Morgan fingerprint density at radius 1 is 1.10 bits per heavy atom. The summed E-state index contributed by atoms with van der Waals surface area (Å²) in [5, 5.41) is 0. The van der Waals surface area contributed by atoms with E-state index >= 15 is 0 Å². The molecule has 3 heterocycles. The van der Waals surface area contributed by atoms with E-state index in [2.05, 4.69) is 16.0 Å². The number of aromatic nitrogens is 2. The fourth-order valence-corrected chi connectivity index (χ4v) is 4.42. The molecule has 2 aliphatic heterocycles. The number of nitrogens with zero attached hydrogens (tertiary/aromatic N) is 5. The first-order valence-electron chi connectivity index (χ1n) is 10.4. The van der Waals surface area contributed by atoms with Gasteiger partial charge in [-0.1, -0.05) is 12.2 Å². The SMILES string of the molecule is CC(C)OC(=O)N1CCC(/C=C/c2cnc(N3CCN(S(C)(=O)=O)CC3)nc2)CC1. The lowest BCUT2D eigenvalue weighted by Gasteiger charge is -2.33. The number of anilines is 1. The first-order valence-corrected chi connectivity index (χ1v) is 12.2. The number of hydrogen-bond acceptors (Lipinski definition) is 7. The van der Waals surface area contributed by atoms with Crippen molar-refractivity contribution in [2.24, 2.45) is 5.92 Å². The molecule has 0 aromatic carbocycles. The average Bonchev–Trinajstić information content (AvgIpc) is 2.72. The van der Waals surface area contributed by atoms with Gasteiger partial charge in [-0.15, -0.1) is 0 Å². The van der Waals surface area contributed by atoms with Gasteiger partial charge in [0.25, 0.3) is 0 Å². The van der Waals surface area contributed by atoms with Crippen LogP contribution in [0, 0.1) is 5.92 Å². The number of amides is 1. The van der Waals surface area contributed by atoms with Crippen molar-refractivity contribution in [1.82, 2.24) is 19.2 Å². The Morgan fingerprint density at radius 3 is 2.23 bits per heavy atom. The summed E-state index contributed by atoms with van der Waals surface area (Å²) in [5.74, 6) is 1.04. The highest BCUT2D eigenvalue weighted by Gasteiger charge is 2.25. The molecular formula is C20H31N5O4S. The summed E-state index contributed by atoms with van der Waals surface area (Å²) in [5.41, 5.74) is 0.926. The van der Waals surface area contributed by atoms with Gasteiger partial charge in [0, 0.05) is 57.2 Å². The van der Waals surface area contributed by atoms with Gasteiger partial charge in [-0.3, -0.25) is 0 Å². The standard InChI is InChI=1S/C20H31N5O4S/c1-16(2)29-20(26)24-8-6-17(7-9-24)4-5-18-14-21-19(22-15-18)23-10-12-25(13-11-23)30(3,27)28/h4-5,14-17H,6-13H2,1-3H3/b5-4+. The van der Waals surface area contributed by atoms with E-state index in [1.54, 1.807) is 17.3 Å². The number of rotatable bonds is 5. The Balaban J connectivity index is 1.47. The van der Waals surface area contributed by atoms with Gasteiger partial charge >= 0.3 is 6.09 Å². The van der Waals surface area contributed by atoms with Crippen LogP contribution >= 0.6 is 0 Å². The topological polar surface area (TPSA) is 95.9 Å². The highest BCUT2D eigenvalue weighted by molar-refractivity contribution is 7.88. The summed E-state index contributed by atoms with van der Waals surface area (Å²) in [6, 6.07) is 0.